The largest absolute Gasteiger partial charge is 0.493 e. The van der Waals surface area contributed by atoms with Gasteiger partial charge in [-0.3, -0.25) is 0 Å². The average Bonchev–Trinajstić information content (AvgIpc) is 2.35. The van der Waals surface area contributed by atoms with E-state index in [1.807, 2.05) is 25.1 Å². The molecule has 1 N–H and O–H groups in total. The van der Waals surface area contributed by atoms with Gasteiger partial charge in [-0.25, -0.2) is 0 Å². The highest BCUT2D eigenvalue weighted by atomic mass is 16.5. The van der Waals surface area contributed by atoms with Gasteiger partial charge in [-0.1, -0.05) is 38.7 Å². The Labute approximate surface area is 111 Å². The van der Waals surface area contributed by atoms with Gasteiger partial charge in [-0.15, -0.1) is 0 Å². The molecule has 2 heteroatoms. The van der Waals surface area contributed by atoms with Crippen LogP contribution in [-0.2, 0) is 0 Å². The monoisotopic (exact) mass is 250 g/mol. The highest BCUT2D eigenvalue weighted by molar-refractivity contribution is 5.36. The van der Waals surface area contributed by atoms with Gasteiger partial charge < -0.3 is 9.84 Å². The Bertz CT molecular complexity index is 345. The molecule has 0 fully saturated rings. The van der Waals surface area contributed by atoms with Crippen LogP contribution in [0.3, 0.4) is 0 Å². The van der Waals surface area contributed by atoms with Crippen molar-refractivity contribution in [3.63, 3.8) is 0 Å². The predicted molar refractivity (Wildman–Crippen MR) is 76.1 cm³/mol. The predicted octanol–water partition coefficient (Wildman–Crippen LogP) is 4.40. The standard InChI is InChI=1S/C16H26O2/c1-4-5-6-7-8-11-18-16-10-9-15(14(3)17)12-13(16)2/h9-10,12,14,17H,4-8,11H2,1-3H3. The van der Waals surface area contributed by atoms with E-state index in [0.717, 1.165) is 29.9 Å². The van der Waals surface area contributed by atoms with Crippen molar-refractivity contribution in [2.75, 3.05) is 6.61 Å². The Balaban J connectivity index is 2.34. The normalized spacial score (nSPS) is 12.4. The number of benzene rings is 1. The van der Waals surface area contributed by atoms with Gasteiger partial charge >= 0.3 is 0 Å². The second-order valence-corrected chi connectivity index (χ2v) is 4.96. The highest BCUT2D eigenvalue weighted by Crippen LogP contribution is 2.22. The third kappa shape index (κ3) is 5.09. The van der Waals surface area contributed by atoms with E-state index in [-0.39, 0.29) is 0 Å². The van der Waals surface area contributed by atoms with Crippen molar-refractivity contribution < 1.29 is 9.84 Å². The summed E-state index contributed by atoms with van der Waals surface area (Å²) in [6, 6.07) is 5.89. The summed E-state index contributed by atoms with van der Waals surface area (Å²) in [4.78, 5) is 0. The first-order valence-corrected chi connectivity index (χ1v) is 7.06. The maximum absolute atomic E-state index is 9.49. The molecule has 1 aromatic rings. The van der Waals surface area contributed by atoms with Gasteiger partial charge in [0.25, 0.3) is 0 Å². The fourth-order valence-corrected chi connectivity index (χ4v) is 1.98. The summed E-state index contributed by atoms with van der Waals surface area (Å²) in [6.07, 6.45) is 5.87. The molecule has 0 bridgehead atoms. The quantitative estimate of drug-likeness (QED) is 0.693. The molecule has 2 nitrogen and oxygen atoms in total. The molecule has 0 aliphatic rings. The van der Waals surface area contributed by atoms with Gasteiger partial charge in [0.05, 0.1) is 12.7 Å². The van der Waals surface area contributed by atoms with Crippen molar-refractivity contribution in [1.82, 2.24) is 0 Å². The molecule has 0 saturated heterocycles. The van der Waals surface area contributed by atoms with Gasteiger partial charge in [0.1, 0.15) is 5.75 Å². The van der Waals surface area contributed by atoms with Gasteiger partial charge in [0, 0.05) is 0 Å². The lowest BCUT2D eigenvalue weighted by Crippen LogP contribution is -2.00. The van der Waals surface area contributed by atoms with Crippen molar-refractivity contribution in [2.24, 2.45) is 0 Å². The molecule has 0 amide bonds. The summed E-state index contributed by atoms with van der Waals surface area (Å²) in [5.74, 6) is 0.940. The Morgan fingerprint density at radius 1 is 1.17 bits per heavy atom. The summed E-state index contributed by atoms with van der Waals surface area (Å²) in [5, 5.41) is 9.49. The number of aliphatic hydroxyl groups excluding tert-OH is 1. The van der Waals surface area contributed by atoms with Crippen molar-refractivity contribution in [1.29, 1.82) is 0 Å². The maximum Gasteiger partial charge on any atom is 0.122 e. The number of aliphatic hydroxyl groups is 1. The van der Waals surface area contributed by atoms with E-state index in [0.29, 0.717) is 0 Å². The summed E-state index contributed by atoms with van der Waals surface area (Å²) >= 11 is 0. The number of unbranched alkanes of at least 4 members (excludes halogenated alkanes) is 4. The van der Waals surface area contributed by atoms with Crippen LogP contribution in [0.2, 0.25) is 0 Å². The van der Waals surface area contributed by atoms with Crippen molar-refractivity contribution in [3.05, 3.63) is 29.3 Å². The lowest BCUT2D eigenvalue weighted by atomic mass is 10.1. The molecule has 18 heavy (non-hydrogen) atoms. The fraction of sp³-hybridized carbons (Fsp3) is 0.625. The first-order valence-electron chi connectivity index (χ1n) is 7.06. The second-order valence-electron chi connectivity index (χ2n) is 4.96. The molecule has 1 aromatic carbocycles. The third-order valence-electron chi connectivity index (χ3n) is 3.19. The lowest BCUT2D eigenvalue weighted by molar-refractivity contribution is 0.199. The van der Waals surface area contributed by atoms with E-state index in [4.69, 9.17) is 4.74 Å². The number of hydrogen-bond acceptors (Lipinski definition) is 2. The minimum atomic E-state index is -0.410. The highest BCUT2D eigenvalue weighted by Gasteiger charge is 2.04. The van der Waals surface area contributed by atoms with Crippen LogP contribution in [0.5, 0.6) is 5.75 Å². The van der Waals surface area contributed by atoms with Crippen LogP contribution in [0.25, 0.3) is 0 Å². The Morgan fingerprint density at radius 3 is 2.50 bits per heavy atom. The molecule has 1 unspecified atom stereocenters. The molecule has 102 valence electrons. The Kier molecular flexibility index (Phi) is 6.81. The smallest absolute Gasteiger partial charge is 0.122 e. The van der Waals surface area contributed by atoms with Crippen LogP contribution in [0, 0.1) is 6.92 Å². The second kappa shape index (κ2) is 8.15. The van der Waals surface area contributed by atoms with E-state index in [1.165, 1.54) is 25.7 Å². The van der Waals surface area contributed by atoms with Gasteiger partial charge in [0.2, 0.25) is 0 Å². The molecule has 0 aliphatic heterocycles. The number of ether oxygens (including phenoxy) is 1. The van der Waals surface area contributed by atoms with Crippen LogP contribution in [0.4, 0.5) is 0 Å². The van der Waals surface area contributed by atoms with Gasteiger partial charge in [-0.05, 0) is 43.5 Å². The first-order chi connectivity index (χ1) is 8.65. The maximum atomic E-state index is 9.49. The van der Waals surface area contributed by atoms with Crippen molar-refractivity contribution in [3.8, 4) is 5.75 Å². The molecular formula is C16H26O2. The summed E-state index contributed by atoms with van der Waals surface area (Å²) in [5.41, 5.74) is 2.05. The number of aryl methyl sites for hydroxylation is 1. The molecular weight excluding hydrogens is 224 g/mol. The molecule has 0 saturated carbocycles. The minimum absolute atomic E-state index is 0.410. The van der Waals surface area contributed by atoms with Crippen molar-refractivity contribution >= 4 is 0 Å². The molecule has 0 heterocycles. The summed E-state index contributed by atoms with van der Waals surface area (Å²) in [6.45, 7) is 6.82. The number of hydrogen-bond donors (Lipinski definition) is 1. The van der Waals surface area contributed by atoms with E-state index in [2.05, 4.69) is 6.92 Å². The Morgan fingerprint density at radius 2 is 1.89 bits per heavy atom. The molecule has 0 radical (unpaired) electrons. The molecule has 0 spiro atoms. The van der Waals surface area contributed by atoms with E-state index in [9.17, 15) is 5.11 Å². The third-order valence-corrected chi connectivity index (χ3v) is 3.19. The van der Waals surface area contributed by atoms with Crippen LogP contribution in [0.15, 0.2) is 18.2 Å². The van der Waals surface area contributed by atoms with Crippen LogP contribution in [-0.4, -0.2) is 11.7 Å². The lowest BCUT2D eigenvalue weighted by Gasteiger charge is -2.12. The SMILES string of the molecule is CCCCCCCOc1ccc(C(C)O)cc1C. The fourth-order valence-electron chi connectivity index (χ4n) is 1.98. The topological polar surface area (TPSA) is 29.5 Å². The zero-order chi connectivity index (χ0) is 13.4. The zero-order valence-electron chi connectivity index (χ0n) is 11.9. The summed E-state index contributed by atoms with van der Waals surface area (Å²) in [7, 11) is 0. The Hall–Kier alpha value is -1.02. The van der Waals surface area contributed by atoms with Crippen LogP contribution < -0.4 is 4.74 Å². The van der Waals surface area contributed by atoms with Gasteiger partial charge in [-0.2, -0.15) is 0 Å². The summed E-state index contributed by atoms with van der Waals surface area (Å²) < 4.78 is 5.77. The average molecular weight is 250 g/mol. The molecule has 1 atom stereocenters. The van der Waals surface area contributed by atoms with Crippen LogP contribution in [0.1, 0.15) is 63.2 Å². The zero-order valence-corrected chi connectivity index (χ0v) is 11.9. The van der Waals surface area contributed by atoms with E-state index in [1.54, 1.807) is 6.92 Å². The van der Waals surface area contributed by atoms with E-state index < -0.39 is 6.10 Å². The van der Waals surface area contributed by atoms with Gasteiger partial charge in [0.15, 0.2) is 0 Å². The molecule has 1 rings (SSSR count). The first kappa shape index (κ1) is 15.0. The minimum Gasteiger partial charge on any atom is -0.493 e. The van der Waals surface area contributed by atoms with E-state index >= 15 is 0 Å². The van der Waals surface area contributed by atoms with Crippen molar-refractivity contribution in [2.45, 2.75) is 59.0 Å². The molecule has 0 aromatic heterocycles. The molecule has 0 aliphatic carbocycles. The van der Waals surface area contributed by atoms with Crippen LogP contribution >= 0.6 is 0 Å². The number of rotatable bonds is 8.